The Kier molecular flexibility index (Phi) is 17.2. The van der Waals surface area contributed by atoms with Crippen molar-refractivity contribution in [3.63, 3.8) is 0 Å². The number of aromatic hydroxyl groups is 4. The molecule has 16 nitrogen and oxygen atoms in total. The van der Waals surface area contributed by atoms with Gasteiger partial charge >= 0.3 is 0 Å². The van der Waals surface area contributed by atoms with Crippen molar-refractivity contribution in [3.8, 4) is 46.0 Å². The quantitative estimate of drug-likeness (QED) is 0.0533. The fourth-order valence-corrected chi connectivity index (χ4v) is 12.8. The molecule has 0 saturated heterocycles. The van der Waals surface area contributed by atoms with Crippen LogP contribution in [-0.2, 0) is 26.2 Å². The van der Waals surface area contributed by atoms with Gasteiger partial charge in [-0.05, 0) is 73.6 Å². The molecule has 4 heterocycles. The Hall–Kier alpha value is -5.04. The van der Waals surface area contributed by atoms with Crippen LogP contribution in [0.4, 0.5) is 0 Å². The van der Waals surface area contributed by atoms with Gasteiger partial charge in [-0.15, -0.1) is 0 Å². The minimum atomic E-state index is -0.502. The smallest absolute Gasteiger partial charge is 0.142 e. The lowest BCUT2D eigenvalue weighted by molar-refractivity contribution is 0.0732. The number of β-amino-alcohol motifs (C(OH)–C–C–N with tert-alkyl or cyclic N) is 4. The molecule has 0 amide bonds. The zero-order valence-corrected chi connectivity index (χ0v) is 46.1. The van der Waals surface area contributed by atoms with Crippen molar-refractivity contribution in [2.75, 3.05) is 79.5 Å². The van der Waals surface area contributed by atoms with Crippen LogP contribution in [0.25, 0.3) is 0 Å². The van der Waals surface area contributed by atoms with E-state index >= 15 is 0 Å². The number of rotatable bonds is 16. The molecule has 4 aliphatic heterocycles. The molecule has 4 aromatic rings. The first kappa shape index (κ1) is 55.7. The minimum Gasteiger partial charge on any atom is -0.507 e. The Morgan fingerprint density at radius 3 is 0.724 bits per heavy atom. The molecule has 5 aliphatic rings. The van der Waals surface area contributed by atoms with Gasteiger partial charge in [0.25, 0.3) is 0 Å². The van der Waals surface area contributed by atoms with Crippen molar-refractivity contribution in [2.45, 2.75) is 131 Å². The van der Waals surface area contributed by atoms with Crippen molar-refractivity contribution in [1.29, 1.82) is 0 Å². The first-order chi connectivity index (χ1) is 36.5. The van der Waals surface area contributed by atoms with Crippen molar-refractivity contribution >= 4 is 0 Å². The van der Waals surface area contributed by atoms with Gasteiger partial charge < -0.3 is 59.8 Å². The molecule has 4 unspecified atom stereocenters. The van der Waals surface area contributed by atoms with Crippen LogP contribution in [-0.4, -0.2) is 140 Å². The molecule has 416 valence electrons. The molecule has 76 heavy (non-hydrogen) atoms. The van der Waals surface area contributed by atoms with Gasteiger partial charge in [-0.1, -0.05) is 55.4 Å². The summed E-state index contributed by atoms with van der Waals surface area (Å²) < 4.78 is 27.1. The van der Waals surface area contributed by atoms with Gasteiger partial charge in [-0.25, -0.2) is 0 Å². The number of aliphatic hydroxyl groups is 4. The number of ether oxygens (including phenoxy) is 4. The molecule has 8 N–H and O–H groups in total. The maximum atomic E-state index is 13.1. The molecule has 16 heteroatoms. The average Bonchev–Trinajstić information content (AvgIpc) is 3.42. The van der Waals surface area contributed by atoms with E-state index in [1.165, 1.54) is 0 Å². The summed E-state index contributed by atoms with van der Waals surface area (Å²) in [5, 5.41) is 93.3. The number of phenols is 4. The molecule has 0 radical (unpaired) electrons. The van der Waals surface area contributed by atoms with E-state index in [0.717, 1.165) is 22.3 Å². The highest BCUT2D eigenvalue weighted by molar-refractivity contribution is 5.69. The van der Waals surface area contributed by atoms with Crippen molar-refractivity contribution in [1.82, 2.24) is 19.6 Å². The highest BCUT2D eigenvalue weighted by Crippen LogP contribution is 2.58. The molecule has 0 aromatic heterocycles. The number of hydrogen-bond donors (Lipinski definition) is 8. The second-order valence-electron chi connectivity index (χ2n) is 23.8. The molecule has 9 rings (SSSR count). The molecule has 0 fully saturated rings. The molecular weight excluding hydrogens is 969 g/mol. The normalized spacial score (nSPS) is 20.9. The van der Waals surface area contributed by atoms with Crippen LogP contribution < -0.4 is 18.9 Å². The number of aliphatic hydroxyl groups excluding tert-OH is 4. The summed E-state index contributed by atoms with van der Waals surface area (Å²) in [4.78, 5) is 7.87. The van der Waals surface area contributed by atoms with Crippen LogP contribution in [0.15, 0.2) is 24.3 Å². The maximum absolute atomic E-state index is 13.1. The van der Waals surface area contributed by atoms with E-state index in [1.807, 2.05) is 19.6 Å². The highest BCUT2D eigenvalue weighted by atomic mass is 16.5. The van der Waals surface area contributed by atoms with Crippen LogP contribution >= 0.6 is 0 Å². The van der Waals surface area contributed by atoms with E-state index in [0.29, 0.717) is 146 Å². The summed E-state index contributed by atoms with van der Waals surface area (Å²) in [7, 11) is 0. The van der Waals surface area contributed by atoms with Gasteiger partial charge in [0.05, 0.1) is 48.7 Å². The molecule has 0 spiro atoms. The summed E-state index contributed by atoms with van der Waals surface area (Å²) >= 11 is 0. The Morgan fingerprint density at radius 2 is 0.553 bits per heavy atom. The largest absolute Gasteiger partial charge is 0.507 e. The average molecular weight is 1050 g/mol. The third-order valence-electron chi connectivity index (χ3n) is 16.2. The van der Waals surface area contributed by atoms with Crippen LogP contribution in [0.2, 0.25) is 0 Å². The van der Waals surface area contributed by atoms with E-state index < -0.39 is 23.7 Å². The summed E-state index contributed by atoms with van der Waals surface area (Å²) in [5.74, 6) is 0.854. The van der Waals surface area contributed by atoms with Gasteiger partial charge in [0.15, 0.2) is 0 Å². The number of fused-ring (bicyclic) bond motifs is 16. The van der Waals surface area contributed by atoms with Gasteiger partial charge in [0, 0.05) is 121 Å². The molecule has 8 bridgehead atoms. The Balaban J connectivity index is 1.48. The fourth-order valence-electron chi connectivity index (χ4n) is 12.8. The fraction of sp³-hybridized carbons (Fsp3) is 0.600. The highest BCUT2D eigenvalue weighted by Gasteiger charge is 2.42. The lowest BCUT2D eigenvalue weighted by atomic mass is 9.73. The topological polar surface area (TPSA) is 212 Å². The second kappa shape index (κ2) is 23.5. The van der Waals surface area contributed by atoms with Gasteiger partial charge in [0.1, 0.15) is 72.9 Å². The van der Waals surface area contributed by atoms with Gasteiger partial charge in [-0.2, -0.15) is 0 Å². The van der Waals surface area contributed by atoms with Gasteiger partial charge in [0.2, 0.25) is 0 Å². The minimum absolute atomic E-state index is 0.0785. The number of phenolic OH excluding ortho intramolecular Hbond substituents is 4. The van der Waals surface area contributed by atoms with E-state index in [9.17, 15) is 40.9 Å². The van der Waals surface area contributed by atoms with Crippen LogP contribution in [0.5, 0.6) is 46.0 Å². The molecule has 1 aliphatic carbocycles. The van der Waals surface area contributed by atoms with Crippen molar-refractivity contribution < 1.29 is 59.8 Å². The standard InChI is InChI=1S/C60H84N4O12/c1-33(2)17-37-41-21-46(58-49(53(41)69)25-61(9-13-65)30-74-58)39(19-35(5)6)43-23-48(60-51(55(43)71)27-63(11-15-67)32-76-60)40(20-36(7)8)44-24-47(59-52(56(44)72)28-64(12-16-68)31-75-59)38(18-34(3)4)42-22-45(37)57-50(54(42)70)26-62(10-14-66)29-73-57/h21-24,33-40,65-72H,9-20,25-32H2,1-8H3. The van der Waals surface area contributed by atoms with E-state index in [-0.39, 0.29) is 100 Å². The lowest BCUT2D eigenvalue weighted by Crippen LogP contribution is -2.36. The predicted octanol–water partition coefficient (Wildman–Crippen LogP) is 8.11. The summed E-state index contributed by atoms with van der Waals surface area (Å²) in [6, 6.07) is 8.34. The van der Waals surface area contributed by atoms with E-state index in [2.05, 4.69) is 79.7 Å². The number of nitrogens with zero attached hydrogens (tertiary/aromatic N) is 4. The second-order valence-corrected chi connectivity index (χ2v) is 23.8. The molecular formula is C60H84N4O12. The Labute approximate surface area is 449 Å². The SMILES string of the molecule is CC(C)CC1c2cc(c3c(c2O)CN(CCO)CO3)C(CC(C)C)c2cc(c3c(c2O)CN(CCO)CO3)C(CC(C)C)c2cc(c3c(c2O)CN(CCO)CO3)C(CC(C)C)c2cc1c1c(c2O)CN(CCO)CO1. The summed E-state index contributed by atoms with van der Waals surface area (Å²) in [6.07, 6.45) is 2.29. The van der Waals surface area contributed by atoms with Gasteiger partial charge in [-0.3, -0.25) is 19.6 Å². The molecule has 4 aromatic carbocycles. The summed E-state index contributed by atoms with van der Waals surface area (Å²) in [5.41, 5.74) is 8.16. The first-order valence-corrected chi connectivity index (χ1v) is 27.8. The van der Waals surface area contributed by atoms with Crippen molar-refractivity contribution in [3.05, 3.63) is 91.0 Å². The van der Waals surface area contributed by atoms with E-state index in [1.54, 1.807) is 0 Å². The summed E-state index contributed by atoms with van der Waals surface area (Å²) in [6.45, 7) is 20.0. The zero-order valence-electron chi connectivity index (χ0n) is 46.1. The monoisotopic (exact) mass is 1050 g/mol. The Bertz CT molecular complexity index is 2360. The Morgan fingerprint density at radius 1 is 0.355 bits per heavy atom. The van der Waals surface area contributed by atoms with Crippen LogP contribution in [0.1, 0.15) is 172 Å². The predicted molar refractivity (Wildman–Crippen MR) is 290 cm³/mol. The zero-order chi connectivity index (χ0) is 54.3. The first-order valence-electron chi connectivity index (χ1n) is 27.8. The third kappa shape index (κ3) is 10.9. The molecule has 4 atom stereocenters. The number of hydrogen-bond acceptors (Lipinski definition) is 16. The number of benzene rings is 4. The van der Waals surface area contributed by atoms with E-state index in [4.69, 9.17) is 18.9 Å². The van der Waals surface area contributed by atoms with Crippen LogP contribution in [0, 0.1) is 23.7 Å². The maximum Gasteiger partial charge on any atom is 0.142 e. The third-order valence-corrected chi connectivity index (χ3v) is 16.2. The molecule has 0 saturated carbocycles. The van der Waals surface area contributed by atoms with Crippen LogP contribution in [0.3, 0.4) is 0 Å². The van der Waals surface area contributed by atoms with Crippen molar-refractivity contribution in [2.24, 2.45) is 23.7 Å². The lowest BCUT2D eigenvalue weighted by Gasteiger charge is -2.38.